The monoisotopic (exact) mass is 208 g/mol. The molecule has 0 saturated carbocycles. The average Bonchev–Trinajstić information content (AvgIpc) is 2.26. The highest BCUT2D eigenvalue weighted by molar-refractivity contribution is 5.28. The molecule has 0 amide bonds. The van der Waals surface area contributed by atoms with Crippen LogP contribution in [0.1, 0.15) is 38.9 Å². The van der Waals surface area contributed by atoms with E-state index in [1.165, 1.54) is 0 Å². The number of rotatable bonds is 5. The first-order valence-electron chi connectivity index (χ1n) is 5.56. The van der Waals surface area contributed by atoms with Crippen LogP contribution in [0.15, 0.2) is 24.3 Å². The van der Waals surface area contributed by atoms with Crippen molar-refractivity contribution in [3.05, 3.63) is 29.8 Å². The van der Waals surface area contributed by atoms with Gasteiger partial charge >= 0.3 is 0 Å². The first-order valence-corrected chi connectivity index (χ1v) is 5.56. The Hall–Kier alpha value is -1.02. The second-order valence-electron chi connectivity index (χ2n) is 4.11. The Labute approximate surface area is 91.9 Å². The van der Waals surface area contributed by atoms with Gasteiger partial charge in [-0.25, -0.2) is 0 Å². The molecule has 15 heavy (non-hydrogen) atoms. The minimum absolute atomic E-state index is 0.243. The zero-order chi connectivity index (χ0) is 11.3. The second-order valence-corrected chi connectivity index (χ2v) is 4.11. The van der Waals surface area contributed by atoms with Crippen molar-refractivity contribution < 1.29 is 9.84 Å². The van der Waals surface area contributed by atoms with E-state index in [1.807, 2.05) is 38.1 Å². The van der Waals surface area contributed by atoms with E-state index in [9.17, 15) is 5.11 Å². The Morgan fingerprint density at radius 2 is 1.80 bits per heavy atom. The van der Waals surface area contributed by atoms with Gasteiger partial charge in [-0.3, -0.25) is 0 Å². The fourth-order valence-electron chi connectivity index (χ4n) is 1.37. The van der Waals surface area contributed by atoms with Gasteiger partial charge in [0.15, 0.2) is 0 Å². The van der Waals surface area contributed by atoms with Crippen LogP contribution in [0.25, 0.3) is 0 Å². The topological polar surface area (TPSA) is 29.5 Å². The smallest absolute Gasteiger partial charge is 0.119 e. The molecule has 1 atom stereocenters. The normalized spacial score (nSPS) is 12.9. The molecule has 2 nitrogen and oxygen atoms in total. The fraction of sp³-hybridized carbons (Fsp3) is 0.538. The average molecular weight is 208 g/mol. The van der Waals surface area contributed by atoms with Crippen LogP contribution in [0.4, 0.5) is 0 Å². The highest BCUT2D eigenvalue weighted by atomic mass is 16.5. The van der Waals surface area contributed by atoms with Gasteiger partial charge in [0, 0.05) is 0 Å². The van der Waals surface area contributed by atoms with Gasteiger partial charge in [-0.05, 0) is 30.0 Å². The van der Waals surface area contributed by atoms with E-state index in [2.05, 4.69) is 6.92 Å². The van der Waals surface area contributed by atoms with Gasteiger partial charge in [0.25, 0.3) is 0 Å². The molecule has 0 spiro atoms. The lowest BCUT2D eigenvalue weighted by Gasteiger charge is -2.15. The SMILES string of the molecule is CCCOc1ccc(C(O)C(C)C)cc1. The minimum Gasteiger partial charge on any atom is -0.494 e. The Balaban J connectivity index is 2.63. The summed E-state index contributed by atoms with van der Waals surface area (Å²) in [6.07, 6.45) is 0.626. The van der Waals surface area contributed by atoms with E-state index < -0.39 is 0 Å². The van der Waals surface area contributed by atoms with Crippen molar-refractivity contribution in [1.29, 1.82) is 0 Å². The molecule has 0 saturated heterocycles. The van der Waals surface area contributed by atoms with Gasteiger partial charge < -0.3 is 9.84 Å². The third kappa shape index (κ3) is 3.56. The minimum atomic E-state index is -0.384. The molecule has 0 fully saturated rings. The second kappa shape index (κ2) is 5.76. The first kappa shape index (κ1) is 12.1. The Morgan fingerprint density at radius 3 is 2.27 bits per heavy atom. The van der Waals surface area contributed by atoms with Gasteiger partial charge in [0.1, 0.15) is 5.75 Å². The summed E-state index contributed by atoms with van der Waals surface area (Å²) in [6.45, 7) is 6.83. The maximum absolute atomic E-state index is 9.82. The van der Waals surface area contributed by atoms with Crippen LogP contribution in [-0.2, 0) is 0 Å². The molecule has 0 aliphatic rings. The van der Waals surface area contributed by atoms with Crippen LogP contribution < -0.4 is 4.74 Å². The summed E-state index contributed by atoms with van der Waals surface area (Å²) < 4.78 is 5.47. The number of hydrogen-bond acceptors (Lipinski definition) is 2. The van der Waals surface area contributed by atoms with E-state index >= 15 is 0 Å². The van der Waals surface area contributed by atoms with Gasteiger partial charge in [-0.2, -0.15) is 0 Å². The zero-order valence-electron chi connectivity index (χ0n) is 9.73. The standard InChI is InChI=1S/C13H20O2/c1-4-9-15-12-7-5-11(6-8-12)13(14)10(2)3/h5-8,10,13-14H,4,9H2,1-3H3. The van der Waals surface area contributed by atoms with E-state index in [0.717, 1.165) is 24.3 Å². The molecule has 1 N–H and O–H groups in total. The van der Waals surface area contributed by atoms with Crippen LogP contribution in [-0.4, -0.2) is 11.7 Å². The summed E-state index contributed by atoms with van der Waals surface area (Å²) in [4.78, 5) is 0. The van der Waals surface area contributed by atoms with Crippen molar-refractivity contribution >= 4 is 0 Å². The van der Waals surface area contributed by atoms with Crippen molar-refractivity contribution in [1.82, 2.24) is 0 Å². The third-order valence-corrected chi connectivity index (χ3v) is 2.33. The predicted octanol–water partition coefficient (Wildman–Crippen LogP) is 3.16. The lowest BCUT2D eigenvalue weighted by molar-refractivity contribution is 0.127. The summed E-state index contributed by atoms with van der Waals surface area (Å²) in [6, 6.07) is 7.68. The molecular weight excluding hydrogens is 188 g/mol. The molecule has 0 heterocycles. The molecule has 2 heteroatoms. The van der Waals surface area contributed by atoms with E-state index in [4.69, 9.17) is 4.74 Å². The van der Waals surface area contributed by atoms with Crippen molar-refractivity contribution in [2.45, 2.75) is 33.3 Å². The molecule has 0 radical (unpaired) electrons. The highest BCUT2D eigenvalue weighted by Gasteiger charge is 2.11. The van der Waals surface area contributed by atoms with Crippen LogP contribution in [0.2, 0.25) is 0 Å². The van der Waals surface area contributed by atoms with E-state index in [1.54, 1.807) is 0 Å². The highest BCUT2D eigenvalue weighted by Crippen LogP contribution is 2.23. The Bertz CT molecular complexity index is 277. The third-order valence-electron chi connectivity index (χ3n) is 2.33. The van der Waals surface area contributed by atoms with Crippen LogP contribution in [0, 0.1) is 5.92 Å². The molecule has 0 aliphatic carbocycles. The molecule has 0 bridgehead atoms. The van der Waals surface area contributed by atoms with E-state index in [0.29, 0.717) is 0 Å². The summed E-state index contributed by atoms with van der Waals surface area (Å²) in [5.41, 5.74) is 0.953. The molecule has 1 rings (SSSR count). The lowest BCUT2D eigenvalue weighted by Crippen LogP contribution is -2.05. The number of hydrogen-bond donors (Lipinski definition) is 1. The summed E-state index contributed by atoms with van der Waals surface area (Å²) in [7, 11) is 0. The molecular formula is C13H20O2. The van der Waals surface area contributed by atoms with Crippen molar-refractivity contribution in [3.63, 3.8) is 0 Å². The molecule has 0 aliphatic heterocycles. The van der Waals surface area contributed by atoms with Crippen LogP contribution in [0.3, 0.4) is 0 Å². The number of aliphatic hydroxyl groups excluding tert-OH is 1. The van der Waals surface area contributed by atoms with Crippen molar-refractivity contribution in [2.75, 3.05) is 6.61 Å². The maximum atomic E-state index is 9.82. The fourth-order valence-corrected chi connectivity index (χ4v) is 1.37. The van der Waals surface area contributed by atoms with Gasteiger partial charge in [0.2, 0.25) is 0 Å². The summed E-state index contributed by atoms with van der Waals surface area (Å²) >= 11 is 0. The maximum Gasteiger partial charge on any atom is 0.119 e. The molecule has 0 aromatic heterocycles. The van der Waals surface area contributed by atoms with Crippen molar-refractivity contribution in [2.24, 2.45) is 5.92 Å². The van der Waals surface area contributed by atoms with Gasteiger partial charge in [-0.1, -0.05) is 32.9 Å². The summed E-state index contributed by atoms with van der Waals surface area (Å²) in [5.74, 6) is 1.11. The number of aliphatic hydroxyl groups is 1. The van der Waals surface area contributed by atoms with E-state index in [-0.39, 0.29) is 12.0 Å². The lowest BCUT2D eigenvalue weighted by atomic mass is 9.99. The molecule has 1 aromatic carbocycles. The number of benzene rings is 1. The molecule has 1 aromatic rings. The predicted molar refractivity (Wildman–Crippen MR) is 62.0 cm³/mol. The van der Waals surface area contributed by atoms with Crippen molar-refractivity contribution in [3.8, 4) is 5.75 Å². The Morgan fingerprint density at radius 1 is 1.20 bits per heavy atom. The zero-order valence-corrected chi connectivity index (χ0v) is 9.73. The van der Waals surface area contributed by atoms with Gasteiger partial charge in [-0.15, -0.1) is 0 Å². The molecule has 84 valence electrons. The first-order chi connectivity index (χ1) is 7.15. The molecule has 1 unspecified atom stereocenters. The largest absolute Gasteiger partial charge is 0.494 e. The van der Waals surface area contributed by atoms with Crippen LogP contribution in [0.5, 0.6) is 5.75 Å². The summed E-state index contributed by atoms with van der Waals surface area (Å²) in [5, 5.41) is 9.82. The van der Waals surface area contributed by atoms with Gasteiger partial charge in [0.05, 0.1) is 12.7 Å². The number of ether oxygens (including phenoxy) is 1. The Kier molecular flexibility index (Phi) is 4.63. The van der Waals surface area contributed by atoms with Crippen LogP contribution >= 0.6 is 0 Å². The quantitative estimate of drug-likeness (QED) is 0.805.